The minimum absolute atomic E-state index is 0.229. The highest BCUT2D eigenvalue weighted by Crippen LogP contribution is 2.17. The largest absolute Gasteiger partial charge is 0.381 e. The van der Waals surface area contributed by atoms with Crippen molar-refractivity contribution < 1.29 is 4.39 Å². The zero-order valence-electron chi connectivity index (χ0n) is 9.50. The number of anilines is 1. The van der Waals surface area contributed by atoms with Crippen molar-refractivity contribution in [1.82, 2.24) is 0 Å². The first-order valence-electron chi connectivity index (χ1n) is 5.39. The quantitative estimate of drug-likeness (QED) is 0.878. The smallest absolute Gasteiger partial charge is 0.137 e. The molecule has 3 heteroatoms. The van der Waals surface area contributed by atoms with Gasteiger partial charge in [-0.15, -0.1) is 0 Å². The summed E-state index contributed by atoms with van der Waals surface area (Å²) in [5.74, 6) is -0.229. The molecule has 2 aromatic rings. The Labute approximate surface area is 109 Å². The van der Waals surface area contributed by atoms with Crippen molar-refractivity contribution in [2.45, 2.75) is 13.5 Å². The Morgan fingerprint density at radius 1 is 1.12 bits per heavy atom. The van der Waals surface area contributed by atoms with Gasteiger partial charge in [0.25, 0.3) is 0 Å². The molecule has 0 amide bonds. The van der Waals surface area contributed by atoms with Crippen molar-refractivity contribution in [3.8, 4) is 0 Å². The lowest BCUT2D eigenvalue weighted by Gasteiger charge is -2.07. The van der Waals surface area contributed by atoms with Crippen LogP contribution in [0.2, 0.25) is 0 Å². The highest BCUT2D eigenvalue weighted by molar-refractivity contribution is 9.10. The molecule has 17 heavy (non-hydrogen) atoms. The predicted molar refractivity (Wildman–Crippen MR) is 72.6 cm³/mol. The number of nitrogens with one attached hydrogen (secondary N) is 1. The topological polar surface area (TPSA) is 12.0 Å². The Morgan fingerprint density at radius 2 is 1.82 bits per heavy atom. The molecule has 0 spiro atoms. The van der Waals surface area contributed by atoms with Gasteiger partial charge < -0.3 is 5.32 Å². The lowest BCUT2D eigenvalue weighted by molar-refractivity contribution is 0.619. The second kappa shape index (κ2) is 5.32. The Morgan fingerprint density at radius 3 is 2.47 bits per heavy atom. The molecule has 0 saturated carbocycles. The number of rotatable bonds is 3. The van der Waals surface area contributed by atoms with Crippen molar-refractivity contribution >= 4 is 21.6 Å². The Bertz CT molecular complexity index is 508. The van der Waals surface area contributed by atoms with E-state index in [0.717, 1.165) is 11.3 Å². The number of hydrogen-bond donors (Lipinski definition) is 1. The molecule has 0 atom stereocenters. The molecule has 2 rings (SSSR count). The van der Waals surface area contributed by atoms with E-state index in [0.29, 0.717) is 11.0 Å². The molecule has 0 unspecified atom stereocenters. The maximum Gasteiger partial charge on any atom is 0.137 e. The Kier molecular flexibility index (Phi) is 3.79. The van der Waals surface area contributed by atoms with Gasteiger partial charge in [0, 0.05) is 12.2 Å². The van der Waals surface area contributed by atoms with Gasteiger partial charge in [-0.2, -0.15) is 0 Å². The molecule has 0 aliphatic heterocycles. The van der Waals surface area contributed by atoms with E-state index < -0.39 is 0 Å². The molecule has 0 saturated heterocycles. The molecule has 1 N–H and O–H groups in total. The molecular weight excluding hydrogens is 281 g/mol. The standard InChI is InChI=1S/C14H13BrFN/c1-10-2-5-12(6-3-10)17-9-11-4-7-13(15)14(16)8-11/h2-8,17H,9H2,1H3. The van der Waals surface area contributed by atoms with Gasteiger partial charge in [0.1, 0.15) is 5.82 Å². The van der Waals surface area contributed by atoms with Crippen LogP contribution in [0.15, 0.2) is 46.9 Å². The van der Waals surface area contributed by atoms with Crippen molar-refractivity contribution in [3.05, 3.63) is 63.9 Å². The molecular formula is C14H13BrFN. The van der Waals surface area contributed by atoms with E-state index in [9.17, 15) is 4.39 Å². The number of halogens is 2. The molecule has 0 bridgehead atoms. The van der Waals surface area contributed by atoms with Gasteiger partial charge in [-0.25, -0.2) is 4.39 Å². The van der Waals surface area contributed by atoms with E-state index in [4.69, 9.17) is 0 Å². The SMILES string of the molecule is Cc1ccc(NCc2ccc(Br)c(F)c2)cc1. The zero-order chi connectivity index (χ0) is 12.3. The van der Waals surface area contributed by atoms with Crippen LogP contribution in [0.4, 0.5) is 10.1 Å². The van der Waals surface area contributed by atoms with Crippen LogP contribution >= 0.6 is 15.9 Å². The molecule has 0 fully saturated rings. The first-order chi connectivity index (χ1) is 8.15. The maximum absolute atomic E-state index is 13.3. The summed E-state index contributed by atoms with van der Waals surface area (Å²) >= 11 is 3.14. The van der Waals surface area contributed by atoms with Gasteiger partial charge in [-0.3, -0.25) is 0 Å². The lowest BCUT2D eigenvalue weighted by atomic mass is 10.2. The Hall–Kier alpha value is -1.35. The summed E-state index contributed by atoms with van der Waals surface area (Å²) in [6.45, 7) is 2.67. The van der Waals surface area contributed by atoms with Gasteiger partial charge in [-0.1, -0.05) is 23.8 Å². The minimum atomic E-state index is -0.229. The van der Waals surface area contributed by atoms with Gasteiger partial charge in [0.2, 0.25) is 0 Å². The molecule has 0 aliphatic rings. The average molecular weight is 294 g/mol. The monoisotopic (exact) mass is 293 g/mol. The van der Waals surface area contributed by atoms with Crippen molar-refractivity contribution in [2.24, 2.45) is 0 Å². The minimum Gasteiger partial charge on any atom is -0.381 e. The highest BCUT2D eigenvalue weighted by Gasteiger charge is 2.00. The number of hydrogen-bond acceptors (Lipinski definition) is 1. The van der Waals surface area contributed by atoms with Gasteiger partial charge in [0.15, 0.2) is 0 Å². The van der Waals surface area contributed by atoms with E-state index >= 15 is 0 Å². The van der Waals surface area contributed by atoms with Crippen LogP contribution in [0.1, 0.15) is 11.1 Å². The summed E-state index contributed by atoms with van der Waals surface area (Å²) in [5, 5.41) is 3.25. The first-order valence-corrected chi connectivity index (χ1v) is 6.19. The fourth-order valence-electron chi connectivity index (χ4n) is 1.53. The van der Waals surface area contributed by atoms with Crippen LogP contribution in [0.5, 0.6) is 0 Å². The summed E-state index contributed by atoms with van der Waals surface area (Å²) < 4.78 is 13.8. The zero-order valence-corrected chi connectivity index (χ0v) is 11.1. The summed E-state index contributed by atoms with van der Waals surface area (Å²) in [5.41, 5.74) is 3.19. The van der Waals surface area contributed by atoms with Crippen molar-refractivity contribution in [1.29, 1.82) is 0 Å². The second-order valence-electron chi connectivity index (χ2n) is 3.97. The maximum atomic E-state index is 13.3. The first kappa shape index (κ1) is 12.1. The number of aryl methyl sites for hydroxylation is 1. The van der Waals surface area contributed by atoms with Gasteiger partial charge >= 0.3 is 0 Å². The molecule has 0 aromatic heterocycles. The summed E-state index contributed by atoms with van der Waals surface area (Å²) in [4.78, 5) is 0. The van der Waals surface area contributed by atoms with E-state index in [1.54, 1.807) is 6.07 Å². The normalized spacial score (nSPS) is 10.3. The molecule has 2 aromatic carbocycles. The molecule has 0 radical (unpaired) electrons. The highest BCUT2D eigenvalue weighted by atomic mass is 79.9. The van der Waals surface area contributed by atoms with E-state index in [2.05, 4.69) is 21.2 Å². The fourth-order valence-corrected chi connectivity index (χ4v) is 1.77. The molecule has 88 valence electrons. The van der Waals surface area contributed by atoms with Crippen LogP contribution in [0, 0.1) is 12.7 Å². The van der Waals surface area contributed by atoms with Crippen LogP contribution in [-0.4, -0.2) is 0 Å². The predicted octanol–water partition coefficient (Wildman–Crippen LogP) is 4.51. The van der Waals surface area contributed by atoms with Gasteiger partial charge in [-0.05, 0) is 52.7 Å². The summed E-state index contributed by atoms with van der Waals surface area (Å²) in [6.07, 6.45) is 0. The summed E-state index contributed by atoms with van der Waals surface area (Å²) in [7, 11) is 0. The average Bonchev–Trinajstić information content (AvgIpc) is 2.33. The van der Waals surface area contributed by atoms with Gasteiger partial charge in [0.05, 0.1) is 4.47 Å². The third-order valence-electron chi connectivity index (χ3n) is 2.53. The lowest BCUT2D eigenvalue weighted by Crippen LogP contribution is -1.99. The molecule has 1 nitrogen and oxygen atoms in total. The second-order valence-corrected chi connectivity index (χ2v) is 4.82. The molecule has 0 aliphatic carbocycles. The van der Waals surface area contributed by atoms with Crippen LogP contribution in [0.25, 0.3) is 0 Å². The number of benzene rings is 2. The van der Waals surface area contributed by atoms with Crippen molar-refractivity contribution in [2.75, 3.05) is 5.32 Å². The molecule has 0 heterocycles. The van der Waals surface area contributed by atoms with E-state index in [-0.39, 0.29) is 5.82 Å². The van der Waals surface area contributed by atoms with Crippen LogP contribution in [0.3, 0.4) is 0 Å². The van der Waals surface area contributed by atoms with Crippen LogP contribution in [-0.2, 0) is 6.54 Å². The van der Waals surface area contributed by atoms with E-state index in [1.807, 2.05) is 37.3 Å². The summed E-state index contributed by atoms with van der Waals surface area (Å²) in [6, 6.07) is 13.3. The Balaban J connectivity index is 2.02. The third-order valence-corrected chi connectivity index (χ3v) is 3.18. The third kappa shape index (κ3) is 3.30. The van der Waals surface area contributed by atoms with Crippen LogP contribution < -0.4 is 5.32 Å². The fraction of sp³-hybridized carbons (Fsp3) is 0.143. The van der Waals surface area contributed by atoms with Crippen molar-refractivity contribution in [3.63, 3.8) is 0 Å². The van der Waals surface area contributed by atoms with E-state index in [1.165, 1.54) is 11.6 Å².